The van der Waals surface area contributed by atoms with Crippen LogP contribution in [0.2, 0.25) is 0 Å². The molecule has 124 valence electrons. The third-order valence-electron chi connectivity index (χ3n) is 4.33. The second kappa shape index (κ2) is 5.88. The van der Waals surface area contributed by atoms with Gasteiger partial charge in [-0.1, -0.05) is 6.07 Å². The molecule has 0 aliphatic carbocycles. The largest absolute Gasteiger partial charge is 0.496 e. The zero-order valence-electron chi connectivity index (χ0n) is 13.2. The van der Waals surface area contributed by atoms with E-state index in [9.17, 15) is 13.2 Å². The van der Waals surface area contributed by atoms with Crippen LogP contribution in [-0.4, -0.2) is 55.4 Å². The quantitative estimate of drug-likeness (QED) is 0.924. The standard InChI is InChI=1S/C16H20N2O4S/c1-3-18(11-7-8-23(20,21)10-11)16(19)14-9-12-13(17-14)5-4-6-15(12)22-2/h4-6,9,11,17H,3,7-8,10H2,1-2H3. The lowest BCUT2D eigenvalue weighted by molar-refractivity contribution is 0.0703. The first-order chi connectivity index (χ1) is 10.9. The van der Waals surface area contributed by atoms with Crippen LogP contribution in [0.15, 0.2) is 24.3 Å². The van der Waals surface area contributed by atoms with E-state index in [0.29, 0.717) is 24.4 Å². The average Bonchev–Trinajstić information content (AvgIpc) is 3.10. The van der Waals surface area contributed by atoms with Crippen LogP contribution in [0.4, 0.5) is 0 Å². The number of ether oxygens (including phenoxy) is 1. The molecule has 1 unspecified atom stereocenters. The minimum absolute atomic E-state index is 0.0517. The number of carbonyl (C=O) groups excluding carboxylic acids is 1. The maximum absolute atomic E-state index is 12.8. The summed E-state index contributed by atoms with van der Waals surface area (Å²) in [5.41, 5.74) is 1.28. The normalized spacial score (nSPS) is 19.8. The second-order valence-electron chi connectivity index (χ2n) is 5.75. The van der Waals surface area contributed by atoms with Crippen LogP contribution in [-0.2, 0) is 9.84 Å². The molecule has 6 nitrogen and oxygen atoms in total. The second-order valence-corrected chi connectivity index (χ2v) is 7.98. The van der Waals surface area contributed by atoms with Gasteiger partial charge in [0.05, 0.1) is 18.6 Å². The van der Waals surface area contributed by atoms with Gasteiger partial charge in [-0.2, -0.15) is 0 Å². The molecule has 1 aliphatic rings. The number of sulfone groups is 1. The molecule has 1 amide bonds. The number of methoxy groups -OCH3 is 1. The zero-order chi connectivity index (χ0) is 16.6. The Balaban J connectivity index is 1.92. The highest BCUT2D eigenvalue weighted by Crippen LogP contribution is 2.27. The maximum atomic E-state index is 12.8. The molecule has 23 heavy (non-hydrogen) atoms. The predicted molar refractivity (Wildman–Crippen MR) is 88.6 cm³/mol. The fourth-order valence-electron chi connectivity index (χ4n) is 3.16. The fourth-order valence-corrected chi connectivity index (χ4v) is 4.89. The number of nitrogens with one attached hydrogen (secondary N) is 1. The number of benzene rings is 1. The number of rotatable bonds is 4. The van der Waals surface area contributed by atoms with Gasteiger partial charge >= 0.3 is 0 Å². The number of aromatic nitrogens is 1. The van der Waals surface area contributed by atoms with Gasteiger partial charge in [0.1, 0.15) is 11.4 Å². The highest BCUT2D eigenvalue weighted by molar-refractivity contribution is 7.91. The van der Waals surface area contributed by atoms with E-state index in [1.165, 1.54) is 0 Å². The molecule has 0 bridgehead atoms. The Morgan fingerprint density at radius 2 is 2.22 bits per heavy atom. The predicted octanol–water partition coefficient (Wildman–Crippen LogP) is 1.83. The summed E-state index contributed by atoms with van der Waals surface area (Å²) in [4.78, 5) is 17.6. The fraction of sp³-hybridized carbons (Fsp3) is 0.438. The van der Waals surface area contributed by atoms with Gasteiger partial charge in [0.15, 0.2) is 9.84 Å². The Bertz CT molecular complexity index is 841. The first-order valence-corrected chi connectivity index (χ1v) is 9.44. The topological polar surface area (TPSA) is 79.5 Å². The molecule has 1 aromatic heterocycles. The van der Waals surface area contributed by atoms with E-state index < -0.39 is 9.84 Å². The Morgan fingerprint density at radius 1 is 1.43 bits per heavy atom. The van der Waals surface area contributed by atoms with Crippen LogP contribution in [0.1, 0.15) is 23.8 Å². The third-order valence-corrected chi connectivity index (χ3v) is 6.08. The molecular formula is C16H20N2O4S. The molecule has 1 fully saturated rings. The van der Waals surface area contributed by atoms with E-state index in [2.05, 4.69) is 4.98 Å². The lowest BCUT2D eigenvalue weighted by atomic mass is 10.2. The SMILES string of the molecule is CCN(C(=O)c1cc2c(OC)cccc2[nH]1)C1CCS(=O)(=O)C1. The van der Waals surface area contributed by atoms with Crippen molar-refractivity contribution in [3.8, 4) is 5.75 Å². The number of aromatic amines is 1. The number of hydrogen-bond acceptors (Lipinski definition) is 4. The number of fused-ring (bicyclic) bond motifs is 1. The minimum Gasteiger partial charge on any atom is -0.496 e. The molecule has 1 N–H and O–H groups in total. The van der Waals surface area contributed by atoms with Crippen molar-refractivity contribution >= 4 is 26.6 Å². The molecule has 2 aromatic rings. The van der Waals surface area contributed by atoms with Crippen LogP contribution in [0.25, 0.3) is 10.9 Å². The van der Waals surface area contributed by atoms with Gasteiger partial charge in [-0.05, 0) is 31.5 Å². The van der Waals surface area contributed by atoms with E-state index in [-0.39, 0.29) is 23.5 Å². The summed E-state index contributed by atoms with van der Waals surface area (Å²) in [7, 11) is -1.44. The highest BCUT2D eigenvalue weighted by Gasteiger charge is 2.34. The molecule has 1 aromatic carbocycles. The monoisotopic (exact) mass is 336 g/mol. The van der Waals surface area contributed by atoms with Crippen molar-refractivity contribution < 1.29 is 17.9 Å². The van der Waals surface area contributed by atoms with Gasteiger partial charge in [-0.3, -0.25) is 4.79 Å². The van der Waals surface area contributed by atoms with Gasteiger partial charge in [0, 0.05) is 23.5 Å². The van der Waals surface area contributed by atoms with E-state index in [1.807, 2.05) is 25.1 Å². The Kier molecular flexibility index (Phi) is 4.06. The van der Waals surface area contributed by atoms with E-state index in [4.69, 9.17) is 4.74 Å². The third kappa shape index (κ3) is 2.93. The zero-order valence-corrected chi connectivity index (χ0v) is 14.0. The van der Waals surface area contributed by atoms with Crippen molar-refractivity contribution in [2.45, 2.75) is 19.4 Å². The summed E-state index contributed by atoms with van der Waals surface area (Å²) in [5, 5.41) is 0.841. The molecule has 1 atom stereocenters. The highest BCUT2D eigenvalue weighted by atomic mass is 32.2. The Morgan fingerprint density at radius 3 is 2.83 bits per heavy atom. The van der Waals surface area contributed by atoms with Crippen molar-refractivity contribution in [1.29, 1.82) is 0 Å². The van der Waals surface area contributed by atoms with Crippen LogP contribution in [0.5, 0.6) is 5.75 Å². The van der Waals surface area contributed by atoms with Crippen LogP contribution < -0.4 is 4.74 Å². The smallest absolute Gasteiger partial charge is 0.270 e. The Hall–Kier alpha value is -2.02. The van der Waals surface area contributed by atoms with Crippen molar-refractivity contribution in [2.75, 3.05) is 25.2 Å². The summed E-state index contributed by atoms with van der Waals surface area (Å²) >= 11 is 0. The number of amides is 1. The summed E-state index contributed by atoms with van der Waals surface area (Å²) in [6, 6.07) is 7.09. The van der Waals surface area contributed by atoms with E-state index in [1.54, 1.807) is 18.1 Å². The molecule has 0 spiro atoms. The van der Waals surface area contributed by atoms with Crippen LogP contribution >= 0.6 is 0 Å². The average molecular weight is 336 g/mol. The van der Waals surface area contributed by atoms with Crippen LogP contribution in [0, 0.1) is 0 Å². The van der Waals surface area contributed by atoms with Crippen LogP contribution in [0.3, 0.4) is 0 Å². The van der Waals surface area contributed by atoms with Gasteiger partial charge in [0.2, 0.25) is 0 Å². The summed E-state index contributed by atoms with van der Waals surface area (Å²) in [6.45, 7) is 2.34. The van der Waals surface area contributed by atoms with Crippen molar-refractivity contribution in [3.63, 3.8) is 0 Å². The molecule has 2 heterocycles. The molecule has 0 saturated carbocycles. The molecule has 1 saturated heterocycles. The number of nitrogens with zero attached hydrogens (tertiary/aromatic N) is 1. The van der Waals surface area contributed by atoms with Crippen molar-refractivity contribution in [2.24, 2.45) is 0 Å². The van der Waals surface area contributed by atoms with Gasteiger partial charge in [0.25, 0.3) is 5.91 Å². The van der Waals surface area contributed by atoms with Gasteiger partial charge < -0.3 is 14.6 Å². The van der Waals surface area contributed by atoms with E-state index >= 15 is 0 Å². The lowest BCUT2D eigenvalue weighted by Gasteiger charge is -2.26. The molecule has 1 aliphatic heterocycles. The summed E-state index contributed by atoms with van der Waals surface area (Å²) < 4.78 is 28.7. The number of H-pyrrole nitrogens is 1. The number of carbonyl (C=O) groups is 1. The Labute approximate surface area is 135 Å². The van der Waals surface area contributed by atoms with Crippen molar-refractivity contribution in [3.05, 3.63) is 30.0 Å². The van der Waals surface area contributed by atoms with Gasteiger partial charge in [-0.15, -0.1) is 0 Å². The molecule has 0 radical (unpaired) electrons. The minimum atomic E-state index is -3.03. The summed E-state index contributed by atoms with van der Waals surface area (Å²) in [6.07, 6.45) is 0.505. The lowest BCUT2D eigenvalue weighted by Crippen LogP contribution is -2.41. The first-order valence-electron chi connectivity index (χ1n) is 7.62. The van der Waals surface area contributed by atoms with Crippen molar-refractivity contribution in [1.82, 2.24) is 9.88 Å². The molecule has 7 heteroatoms. The molecular weight excluding hydrogens is 316 g/mol. The number of hydrogen-bond donors (Lipinski definition) is 1. The van der Waals surface area contributed by atoms with Gasteiger partial charge in [-0.25, -0.2) is 8.42 Å². The maximum Gasteiger partial charge on any atom is 0.270 e. The molecule has 3 rings (SSSR count). The summed E-state index contributed by atoms with van der Waals surface area (Å²) in [5.74, 6) is 0.732. The first kappa shape index (κ1) is 15.9. The van der Waals surface area contributed by atoms with E-state index in [0.717, 1.165) is 10.9 Å².